The van der Waals surface area contributed by atoms with Crippen LogP contribution in [0.15, 0.2) is 12.4 Å². The van der Waals surface area contributed by atoms with Gasteiger partial charge in [-0.3, -0.25) is 19.1 Å². The van der Waals surface area contributed by atoms with Gasteiger partial charge in [0.1, 0.15) is 11.9 Å². The van der Waals surface area contributed by atoms with Crippen LogP contribution in [-0.4, -0.2) is 75.3 Å². The highest BCUT2D eigenvalue weighted by atomic mass is 19.3. The largest absolute Gasteiger partial charge is 0.338 e. The summed E-state index contributed by atoms with van der Waals surface area (Å²) in [4.78, 5) is 33.4. The van der Waals surface area contributed by atoms with Crippen LogP contribution < -0.4 is 0 Å². The number of piperazine rings is 1. The van der Waals surface area contributed by atoms with Crippen molar-refractivity contribution >= 4 is 11.8 Å². The molecule has 24 heavy (non-hydrogen) atoms. The summed E-state index contributed by atoms with van der Waals surface area (Å²) in [6.45, 7) is 0.0138. The maximum absolute atomic E-state index is 12.8. The first-order valence-electron chi connectivity index (χ1n) is 8.04. The van der Waals surface area contributed by atoms with Gasteiger partial charge < -0.3 is 9.80 Å². The van der Waals surface area contributed by atoms with Crippen molar-refractivity contribution in [2.45, 2.75) is 32.0 Å². The van der Waals surface area contributed by atoms with Crippen LogP contribution >= 0.6 is 0 Å². The zero-order valence-corrected chi connectivity index (χ0v) is 13.6. The van der Waals surface area contributed by atoms with Crippen LogP contribution in [0.2, 0.25) is 0 Å². The number of likely N-dealkylation sites (N-methyl/N-ethyl adjacent to an activating group) is 1. The van der Waals surface area contributed by atoms with E-state index in [1.165, 1.54) is 17.3 Å². The number of halogens is 2. The Morgan fingerprint density at radius 1 is 1.33 bits per heavy atom. The number of rotatable bonds is 4. The summed E-state index contributed by atoms with van der Waals surface area (Å²) < 4.78 is 26.5. The fraction of sp³-hybridized carbons (Fsp3) is 0.667. The van der Waals surface area contributed by atoms with Crippen LogP contribution in [-0.2, 0) is 16.1 Å². The van der Waals surface area contributed by atoms with E-state index in [-0.39, 0.29) is 17.9 Å². The Bertz CT molecular complexity index is 613. The van der Waals surface area contributed by atoms with Gasteiger partial charge in [0.2, 0.25) is 11.8 Å². The first kappa shape index (κ1) is 16.8. The lowest BCUT2D eigenvalue weighted by atomic mass is 10.1. The number of hydrogen-bond donors (Lipinski definition) is 0. The molecule has 0 bridgehead atoms. The lowest BCUT2D eigenvalue weighted by molar-refractivity contribution is -0.141. The van der Waals surface area contributed by atoms with Crippen molar-refractivity contribution in [3.05, 3.63) is 18.2 Å². The highest BCUT2D eigenvalue weighted by Gasteiger charge is 2.36. The molecule has 7 nitrogen and oxygen atoms in total. The summed E-state index contributed by atoms with van der Waals surface area (Å²) in [5, 5.41) is 0. The molecule has 1 atom stereocenters. The molecule has 0 aliphatic carbocycles. The number of nitrogens with zero attached hydrogens (tertiary/aromatic N) is 5. The highest BCUT2D eigenvalue weighted by molar-refractivity contribution is 5.90. The summed E-state index contributed by atoms with van der Waals surface area (Å²) in [7, 11) is 1.66. The Balaban J connectivity index is 1.53. The predicted molar refractivity (Wildman–Crippen MR) is 81.1 cm³/mol. The molecule has 0 unspecified atom stereocenters. The number of carbonyl (C=O) groups excluding carboxylic acids is 2. The Kier molecular flexibility index (Phi) is 4.79. The van der Waals surface area contributed by atoms with Crippen LogP contribution in [0.1, 0.15) is 25.2 Å². The number of hydrogen-bond acceptors (Lipinski definition) is 4. The van der Waals surface area contributed by atoms with Gasteiger partial charge in [0.15, 0.2) is 0 Å². The molecule has 2 fully saturated rings. The molecule has 2 saturated heterocycles. The number of alkyl halides is 2. The Hall–Kier alpha value is -2.03. The van der Waals surface area contributed by atoms with Crippen LogP contribution in [0.3, 0.4) is 0 Å². The molecular formula is C15H21F2N5O2. The number of aromatic nitrogens is 2. The van der Waals surface area contributed by atoms with Gasteiger partial charge in [-0.2, -0.15) is 8.78 Å². The third-order valence-electron chi connectivity index (χ3n) is 4.79. The average Bonchev–Trinajstić information content (AvgIpc) is 3.15. The van der Waals surface area contributed by atoms with Crippen LogP contribution in [0.5, 0.6) is 0 Å². The minimum Gasteiger partial charge on any atom is -0.338 e. The van der Waals surface area contributed by atoms with Crippen LogP contribution in [0.25, 0.3) is 0 Å². The lowest BCUT2D eigenvalue weighted by Gasteiger charge is -2.36. The van der Waals surface area contributed by atoms with Gasteiger partial charge in [0.25, 0.3) is 0 Å². The summed E-state index contributed by atoms with van der Waals surface area (Å²) in [6, 6.07) is -0.359. The number of likely N-dealkylation sites (tertiary alicyclic amines) is 1. The second-order valence-corrected chi connectivity index (χ2v) is 6.19. The third kappa shape index (κ3) is 3.26. The lowest BCUT2D eigenvalue weighted by Crippen LogP contribution is -2.53. The molecule has 132 valence electrons. The van der Waals surface area contributed by atoms with Gasteiger partial charge in [0, 0.05) is 52.0 Å². The molecule has 3 rings (SSSR count). The van der Waals surface area contributed by atoms with Crippen molar-refractivity contribution < 1.29 is 18.4 Å². The van der Waals surface area contributed by atoms with Gasteiger partial charge in [-0.1, -0.05) is 0 Å². The molecule has 2 aliphatic heterocycles. The molecular weight excluding hydrogens is 320 g/mol. The van der Waals surface area contributed by atoms with Gasteiger partial charge in [-0.25, -0.2) is 4.98 Å². The predicted octanol–water partition coefficient (Wildman–Crippen LogP) is 0.543. The minimum atomic E-state index is -2.60. The fourth-order valence-electron chi connectivity index (χ4n) is 3.27. The molecule has 1 aromatic rings. The fourth-order valence-corrected chi connectivity index (χ4v) is 3.27. The van der Waals surface area contributed by atoms with E-state index in [0.717, 1.165) is 4.57 Å². The van der Waals surface area contributed by atoms with Crippen molar-refractivity contribution in [3.63, 3.8) is 0 Å². The minimum absolute atomic E-state index is 0.00539. The topological polar surface area (TPSA) is 61.7 Å². The van der Waals surface area contributed by atoms with Crippen molar-refractivity contribution in [1.29, 1.82) is 0 Å². The maximum Gasteiger partial charge on any atom is 0.319 e. The third-order valence-corrected chi connectivity index (χ3v) is 4.79. The molecule has 0 saturated carbocycles. The van der Waals surface area contributed by atoms with Crippen LogP contribution in [0.4, 0.5) is 8.78 Å². The van der Waals surface area contributed by atoms with Gasteiger partial charge in [-0.15, -0.1) is 0 Å². The standard InChI is InChI=1S/C15H21F2N5O2/c1-19-11(2-3-13(19)23)14(24)21-8-6-20(7-9-21)10-12-18-4-5-22(12)15(16)17/h4-5,11,15H,2-3,6-10H2,1H3/t11-/m1/s1. The molecule has 1 aromatic heterocycles. The normalized spacial score (nSPS) is 22.7. The molecule has 2 aliphatic rings. The molecule has 0 aromatic carbocycles. The summed E-state index contributed by atoms with van der Waals surface area (Å²) in [5.74, 6) is 0.314. The Morgan fingerprint density at radius 2 is 2.04 bits per heavy atom. The Labute approximate surface area is 138 Å². The molecule has 9 heteroatoms. The summed E-state index contributed by atoms with van der Waals surface area (Å²) in [6.07, 6.45) is 3.63. The monoisotopic (exact) mass is 341 g/mol. The van der Waals surface area contributed by atoms with E-state index in [1.807, 2.05) is 4.90 Å². The van der Waals surface area contributed by atoms with E-state index in [1.54, 1.807) is 11.9 Å². The maximum atomic E-state index is 12.8. The van der Waals surface area contributed by atoms with Crippen molar-refractivity contribution in [2.24, 2.45) is 0 Å². The van der Waals surface area contributed by atoms with Gasteiger partial charge in [-0.05, 0) is 6.42 Å². The first-order chi connectivity index (χ1) is 11.5. The second-order valence-electron chi connectivity index (χ2n) is 6.19. The molecule has 2 amide bonds. The van der Waals surface area contributed by atoms with Crippen LogP contribution in [0, 0.1) is 0 Å². The van der Waals surface area contributed by atoms with Gasteiger partial charge in [0.05, 0.1) is 6.54 Å². The van der Waals surface area contributed by atoms with E-state index < -0.39 is 6.55 Å². The molecule has 0 spiro atoms. The zero-order chi connectivity index (χ0) is 17.3. The summed E-state index contributed by atoms with van der Waals surface area (Å²) in [5.41, 5.74) is 0. The summed E-state index contributed by atoms with van der Waals surface area (Å²) >= 11 is 0. The zero-order valence-electron chi connectivity index (χ0n) is 13.6. The number of amides is 2. The van der Waals surface area contributed by atoms with Crippen molar-refractivity contribution in [1.82, 2.24) is 24.3 Å². The molecule has 0 radical (unpaired) electrons. The van der Waals surface area contributed by atoms with E-state index in [0.29, 0.717) is 51.4 Å². The average molecular weight is 341 g/mol. The molecule has 3 heterocycles. The SMILES string of the molecule is CN1C(=O)CC[C@@H]1C(=O)N1CCN(Cc2nccn2C(F)F)CC1. The van der Waals surface area contributed by atoms with Crippen molar-refractivity contribution in [2.75, 3.05) is 33.2 Å². The first-order valence-corrected chi connectivity index (χ1v) is 8.04. The van der Waals surface area contributed by atoms with E-state index in [2.05, 4.69) is 4.98 Å². The smallest absolute Gasteiger partial charge is 0.319 e. The Morgan fingerprint density at radius 3 is 2.62 bits per heavy atom. The quantitative estimate of drug-likeness (QED) is 0.802. The second kappa shape index (κ2) is 6.84. The van der Waals surface area contributed by atoms with E-state index in [9.17, 15) is 18.4 Å². The highest BCUT2D eigenvalue weighted by Crippen LogP contribution is 2.20. The molecule has 0 N–H and O–H groups in total. The van der Waals surface area contributed by atoms with Crippen molar-refractivity contribution in [3.8, 4) is 0 Å². The van der Waals surface area contributed by atoms with E-state index in [4.69, 9.17) is 0 Å². The number of carbonyl (C=O) groups is 2. The van der Waals surface area contributed by atoms with E-state index >= 15 is 0 Å². The number of imidazole rings is 1. The van der Waals surface area contributed by atoms with Gasteiger partial charge >= 0.3 is 6.55 Å².